The summed E-state index contributed by atoms with van der Waals surface area (Å²) in [5, 5.41) is 5.33. The molecule has 2 aromatic rings. The van der Waals surface area contributed by atoms with Crippen molar-refractivity contribution in [3.8, 4) is 0 Å². The number of nitrogens with zero attached hydrogens (tertiary/aromatic N) is 2. The Bertz CT molecular complexity index is 506. The van der Waals surface area contributed by atoms with Gasteiger partial charge in [0.15, 0.2) is 0 Å². The quantitative estimate of drug-likeness (QED) is 0.751. The Kier molecular flexibility index (Phi) is 4.40. The van der Waals surface area contributed by atoms with Gasteiger partial charge >= 0.3 is 0 Å². The average molecular weight is 358 g/mol. The van der Waals surface area contributed by atoms with Gasteiger partial charge in [-0.1, -0.05) is 57.0 Å². The SMILES string of the molecule is CCc1c(CBr)cnn1Cc1ccccc1Br. The molecule has 0 radical (unpaired) electrons. The molecule has 0 saturated heterocycles. The highest BCUT2D eigenvalue weighted by Crippen LogP contribution is 2.19. The van der Waals surface area contributed by atoms with Gasteiger partial charge in [0.1, 0.15) is 0 Å². The molecule has 2 nitrogen and oxygen atoms in total. The molecule has 0 spiro atoms. The van der Waals surface area contributed by atoms with E-state index in [0.29, 0.717) is 0 Å². The lowest BCUT2D eigenvalue weighted by molar-refractivity contribution is 0.647. The maximum atomic E-state index is 4.46. The van der Waals surface area contributed by atoms with Gasteiger partial charge in [0.2, 0.25) is 0 Å². The molecule has 1 heterocycles. The van der Waals surface area contributed by atoms with Crippen LogP contribution in [0.5, 0.6) is 0 Å². The fourth-order valence-corrected chi connectivity index (χ4v) is 2.77. The van der Waals surface area contributed by atoms with Gasteiger partial charge in [0.05, 0.1) is 12.7 Å². The molecule has 0 fully saturated rings. The molecule has 0 aliphatic carbocycles. The Hall–Kier alpha value is -0.610. The molecule has 0 saturated carbocycles. The molecule has 4 heteroatoms. The molecule has 0 aliphatic rings. The second kappa shape index (κ2) is 5.83. The summed E-state index contributed by atoms with van der Waals surface area (Å²) in [5.41, 5.74) is 3.84. The van der Waals surface area contributed by atoms with E-state index < -0.39 is 0 Å². The monoisotopic (exact) mass is 356 g/mol. The van der Waals surface area contributed by atoms with Gasteiger partial charge in [-0.05, 0) is 18.1 Å². The molecule has 90 valence electrons. The second-order valence-electron chi connectivity index (χ2n) is 3.85. The third-order valence-corrected chi connectivity index (χ3v) is 4.17. The van der Waals surface area contributed by atoms with Crippen molar-refractivity contribution < 1.29 is 0 Å². The number of hydrogen-bond acceptors (Lipinski definition) is 1. The van der Waals surface area contributed by atoms with Crippen LogP contribution in [0.15, 0.2) is 34.9 Å². The first-order chi connectivity index (χ1) is 8.26. The van der Waals surface area contributed by atoms with Crippen molar-refractivity contribution in [3.63, 3.8) is 0 Å². The lowest BCUT2D eigenvalue weighted by Crippen LogP contribution is -2.06. The first kappa shape index (κ1) is 12.8. The molecular weight excluding hydrogens is 344 g/mol. The predicted molar refractivity (Wildman–Crippen MR) is 77.5 cm³/mol. The summed E-state index contributed by atoms with van der Waals surface area (Å²) in [7, 11) is 0. The van der Waals surface area contributed by atoms with Gasteiger partial charge in [0.25, 0.3) is 0 Å². The third-order valence-electron chi connectivity index (χ3n) is 2.79. The molecule has 1 aromatic heterocycles. The topological polar surface area (TPSA) is 17.8 Å². The fraction of sp³-hybridized carbons (Fsp3) is 0.308. The summed E-state index contributed by atoms with van der Waals surface area (Å²) in [6.07, 6.45) is 2.95. The molecule has 0 N–H and O–H groups in total. The van der Waals surface area contributed by atoms with E-state index in [9.17, 15) is 0 Å². The number of hydrogen-bond donors (Lipinski definition) is 0. The van der Waals surface area contributed by atoms with Crippen molar-refractivity contribution in [1.29, 1.82) is 0 Å². The predicted octanol–water partition coefficient (Wildman–Crippen LogP) is 4.15. The van der Waals surface area contributed by atoms with E-state index in [-0.39, 0.29) is 0 Å². The Morgan fingerprint density at radius 2 is 2.00 bits per heavy atom. The van der Waals surface area contributed by atoms with Gasteiger partial charge < -0.3 is 0 Å². The van der Waals surface area contributed by atoms with Crippen LogP contribution in [0.1, 0.15) is 23.7 Å². The number of alkyl halides is 1. The van der Waals surface area contributed by atoms with Gasteiger partial charge in [-0.25, -0.2) is 0 Å². The summed E-state index contributed by atoms with van der Waals surface area (Å²) < 4.78 is 3.22. The molecule has 0 bridgehead atoms. The molecule has 1 aromatic carbocycles. The number of aromatic nitrogens is 2. The maximum absolute atomic E-state index is 4.46. The highest BCUT2D eigenvalue weighted by molar-refractivity contribution is 9.10. The van der Waals surface area contributed by atoms with Crippen molar-refractivity contribution in [2.24, 2.45) is 0 Å². The number of halogens is 2. The third kappa shape index (κ3) is 2.80. The first-order valence-corrected chi connectivity index (χ1v) is 7.50. The number of benzene rings is 1. The van der Waals surface area contributed by atoms with Crippen LogP contribution in [-0.4, -0.2) is 9.78 Å². The first-order valence-electron chi connectivity index (χ1n) is 5.59. The molecule has 0 aliphatic heterocycles. The standard InChI is InChI=1S/C13H14Br2N2/c1-2-13-11(7-14)8-16-17(13)9-10-5-3-4-6-12(10)15/h3-6,8H,2,7,9H2,1H3. The van der Waals surface area contributed by atoms with Gasteiger partial charge in [-0.2, -0.15) is 5.10 Å². The minimum atomic E-state index is 0.817. The van der Waals surface area contributed by atoms with Gasteiger partial charge in [-0.15, -0.1) is 0 Å². The summed E-state index contributed by atoms with van der Waals surface area (Å²) in [6, 6.07) is 8.27. The zero-order valence-electron chi connectivity index (χ0n) is 9.66. The van der Waals surface area contributed by atoms with Crippen LogP contribution < -0.4 is 0 Å². The molecule has 0 atom stereocenters. The highest BCUT2D eigenvalue weighted by Gasteiger charge is 2.09. The van der Waals surface area contributed by atoms with E-state index >= 15 is 0 Å². The smallest absolute Gasteiger partial charge is 0.0673 e. The second-order valence-corrected chi connectivity index (χ2v) is 5.27. The molecule has 17 heavy (non-hydrogen) atoms. The van der Waals surface area contributed by atoms with Crippen molar-refractivity contribution in [2.45, 2.75) is 25.2 Å². The van der Waals surface area contributed by atoms with E-state index in [1.807, 2.05) is 12.3 Å². The van der Waals surface area contributed by atoms with Crippen LogP contribution in [0.4, 0.5) is 0 Å². The Labute approximate surface area is 118 Å². The van der Waals surface area contributed by atoms with E-state index in [1.54, 1.807) is 0 Å². The van der Waals surface area contributed by atoms with E-state index in [4.69, 9.17) is 0 Å². The van der Waals surface area contributed by atoms with E-state index in [1.165, 1.54) is 16.8 Å². The van der Waals surface area contributed by atoms with Crippen LogP contribution in [0.2, 0.25) is 0 Å². The summed E-state index contributed by atoms with van der Waals surface area (Å²) in [5.74, 6) is 0. The van der Waals surface area contributed by atoms with Crippen molar-refractivity contribution in [2.75, 3.05) is 0 Å². The van der Waals surface area contributed by atoms with Gasteiger partial charge in [-0.3, -0.25) is 4.68 Å². The van der Waals surface area contributed by atoms with E-state index in [0.717, 1.165) is 22.8 Å². The van der Waals surface area contributed by atoms with E-state index in [2.05, 4.69) is 66.8 Å². The lowest BCUT2D eigenvalue weighted by Gasteiger charge is -2.08. The molecular formula is C13H14Br2N2. The maximum Gasteiger partial charge on any atom is 0.0673 e. The average Bonchev–Trinajstić information content (AvgIpc) is 2.74. The number of rotatable bonds is 4. The normalized spacial score (nSPS) is 10.8. The van der Waals surface area contributed by atoms with Crippen LogP contribution in [0.25, 0.3) is 0 Å². The Morgan fingerprint density at radius 3 is 2.65 bits per heavy atom. The minimum Gasteiger partial charge on any atom is -0.265 e. The molecule has 0 unspecified atom stereocenters. The minimum absolute atomic E-state index is 0.817. The van der Waals surface area contributed by atoms with Crippen LogP contribution in [0.3, 0.4) is 0 Å². The summed E-state index contributed by atoms with van der Waals surface area (Å²) >= 11 is 7.07. The summed E-state index contributed by atoms with van der Waals surface area (Å²) in [6.45, 7) is 2.98. The van der Waals surface area contributed by atoms with Crippen molar-refractivity contribution in [1.82, 2.24) is 9.78 Å². The Balaban J connectivity index is 2.30. The molecule has 0 amide bonds. The molecule has 2 rings (SSSR count). The van der Waals surface area contributed by atoms with Gasteiger partial charge in [0, 0.05) is 21.1 Å². The van der Waals surface area contributed by atoms with Crippen molar-refractivity contribution >= 4 is 31.9 Å². The fourth-order valence-electron chi connectivity index (χ4n) is 1.89. The zero-order chi connectivity index (χ0) is 12.3. The van der Waals surface area contributed by atoms with Crippen LogP contribution >= 0.6 is 31.9 Å². The van der Waals surface area contributed by atoms with Crippen LogP contribution in [-0.2, 0) is 18.3 Å². The van der Waals surface area contributed by atoms with Crippen molar-refractivity contribution in [3.05, 3.63) is 51.8 Å². The highest BCUT2D eigenvalue weighted by atomic mass is 79.9. The summed E-state index contributed by atoms with van der Waals surface area (Å²) in [4.78, 5) is 0. The largest absolute Gasteiger partial charge is 0.265 e. The zero-order valence-corrected chi connectivity index (χ0v) is 12.8. The van der Waals surface area contributed by atoms with Crippen LogP contribution in [0, 0.1) is 0 Å². The lowest BCUT2D eigenvalue weighted by atomic mass is 10.2. The Morgan fingerprint density at radius 1 is 1.24 bits per heavy atom.